The lowest BCUT2D eigenvalue weighted by Crippen LogP contribution is -2.32. The number of para-hydroxylation sites is 1. The van der Waals surface area contributed by atoms with Gasteiger partial charge in [0.2, 0.25) is 11.8 Å². The second-order valence-corrected chi connectivity index (χ2v) is 9.30. The van der Waals surface area contributed by atoms with Crippen molar-refractivity contribution in [3.05, 3.63) is 82.3 Å². The van der Waals surface area contributed by atoms with Gasteiger partial charge in [-0.3, -0.25) is 14.4 Å². The minimum atomic E-state index is -0.457. The topological polar surface area (TPSA) is 97.0 Å². The fraction of sp³-hybridized carbons (Fsp3) is 0.222. The van der Waals surface area contributed by atoms with Gasteiger partial charge in [-0.2, -0.15) is 0 Å². The van der Waals surface area contributed by atoms with E-state index in [-0.39, 0.29) is 37.3 Å². The molecule has 1 heterocycles. The molecule has 3 aromatic rings. The van der Waals surface area contributed by atoms with Crippen molar-refractivity contribution in [2.24, 2.45) is 5.92 Å². The summed E-state index contributed by atoms with van der Waals surface area (Å²) < 4.78 is 10.9. The molecule has 37 heavy (non-hydrogen) atoms. The third-order valence-corrected chi connectivity index (χ3v) is 6.24. The van der Waals surface area contributed by atoms with Crippen LogP contribution in [0.15, 0.2) is 66.7 Å². The number of carbonyl (C=O) groups is 3. The number of benzene rings is 3. The predicted octanol–water partition coefficient (Wildman–Crippen LogP) is 4.69. The first-order valence-corrected chi connectivity index (χ1v) is 12.3. The number of methoxy groups -OCH3 is 1. The highest BCUT2D eigenvalue weighted by atomic mass is 35.5. The quantitative estimate of drug-likeness (QED) is 0.409. The Bertz CT molecular complexity index is 1280. The van der Waals surface area contributed by atoms with Crippen molar-refractivity contribution in [3.8, 4) is 11.5 Å². The summed E-state index contributed by atoms with van der Waals surface area (Å²) in [5, 5.41) is 6.38. The van der Waals surface area contributed by atoms with Gasteiger partial charge in [0.25, 0.3) is 5.91 Å². The van der Waals surface area contributed by atoms with Gasteiger partial charge in [-0.05, 0) is 48.5 Å². The number of nitrogens with zero attached hydrogens (tertiary/aromatic N) is 1. The number of amides is 3. The Kier molecular flexibility index (Phi) is 8.53. The lowest BCUT2D eigenvalue weighted by atomic mass is 10.1. The maximum Gasteiger partial charge on any atom is 0.262 e. The molecule has 10 heteroatoms. The van der Waals surface area contributed by atoms with E-state index in [9.17, 15) is 14.4 Å². The normalized spacial score (nSPS) is 14.8. The maximum atomic E-state index is 12.7. The highest BCUT2D eigenvalue weighted by Gasteiger charge is 2.35. The zero-order valence-electron chi connectivity index (χ0n) is 20.0. The lowest BCUT2D eigenvalue weighted by Gasteiger charge is -2.17. The Morgan fingerprint density at radius 1 is 1.03 bits per heavy atom. The van der Waals surface area contributed by atoms with Gasteiger partial charge < -0.3 is 25.0 Å². The van der Waals surface area contributed by atoms with E-state index in [4.69, 9.17) is 32.7 Å². The second kappa shape index (κ2) is 12.0. The van der Waals surface area contributed by atoms with Crippen LogP contribution in [-0.4, -0.2) is 38.0 Å². The van der Waals surface area contributed by atoms with Crippen molar-refractivity contribution in [2.75, 3.05) is 30.5 Å². The number of carbonyl (C=O) groups excluding carboxylic acids is 3. The summed E-state index contributed by atoms with van der Waals surface area (Å²) in [4.78, 5) is 39.1. The van der Waals surface area contributed by atoms with E-state index in [1.54, 1.807) is 54.5 Å². The highest BCUT2D eigenvalue weighted by molar-refractivity contribution is 6.35. The number of rotatable bonds is 9. The van der Waals surface area contributed by atoms with E-state index in [0.717, 1.165) is 5.56 Å². The number of hydrogen-bond acceptors (Lipinski definition) is 5. The maximum absolute atomic E-state index is 12.7. The van der Waals surface area contributed by atoms with Crippen LogP contribution in [0.4, 0.5) is 11.4 Å². The van der Waals surface area contributed by atoms with Crippen molar-refractivity contribution in [1.82, 2.24) is 5.32 Å². The standard InChI is InChI=1S/C27H25Cl2N3O5/c1-36-24-5-3-2-4-17(24)14-30-27(35)18-10-26(34)32(15-18)22-6-8-23(9-7-22)37-16-25(33)31-21-12-19(28)11-20(29)13-21/h2-9,11-13,18H,10,14-16H2,1H3,(H,30,35)(H,31,33)/t18-/m1/s1. The highest BCUT2D eigenvalue weighted by Crippen LogP contribution is 2.28. The molecule has 1 saturated heterocycles. The smallest absolute Gasteiger partial charge is 0.262 e. The number of anilines is 2. The SMILES string of the molecule is COc1ccccc1CNC(=O)[C@@H]1CC(=O)N(c2ccc(OCC(=O)Nc3cc(Cl)cc(Cl)c3)cc2)C1. The van der Waals surface area contributed by atoms with Crippen LogP contribution in [-0.2, 0) is 20.9 Å². The van der Waals surface area contributed by atoms with E-state index >= 15 is 0 Å². The van der Waals surface area contributed by atoms with Crippen LogP contribution < -0.4 is 25.0 Å². The first-order valence-electron chi connectivity index (χ1n) is 11.5. The fourth-order valence-corrected chi connectivity index (χ4v) is 4.53. The summed E-state index contributed by atoms with van der Waals surface area (Å²) in [7, 11) is 1.58. The molecule has 0 aliphatic carbocycles. The van der Waals surface area contributed by atoms with E-state index < -0.39 is 5.92 Å². The summed E-state index contributed by atoms with van der Waals surface area (Å²) in [6.45, 7) is 0.374. The van der Waals surface area contributed by atoms with Crippen LogP contribution in [0.1, 0.15) is 12.0 Å². The molecule has 0 aromatic heterocycles. The lowest BCUT2D eigenvalue weighted by molar-refractivity contribution is -0.126. The molecule has 8 nitrogen and oxygen atoms in total. The summed E-state index contributed by atoms with van der Waals surface area (Å²) in [5.74, 6) is 0.00154. The minimum Gasteiger partial charge on any atom is -0.496 e. The molecule has 3 aromatic carbocycles. The Morgan fingerprint density at radius 2 is 1.73 bits per heavy atom. The minimum absolute atomic E-state index is 0.129. The van der Waals surface area contributed by atoms with Crippen LogP contribution in [0.25, 0.3) is 0 Å². The zero-order chi connectivity index (χ0) is 26.4. The summed E-state index contributed by atoms with van der Waals surface area (Å²) in [5.41, 5.74) is 1.98. The first-order chi connectivity index (χ1) is 17.8. The number of nitrogens with one attached hydrogen (secondary N) is 2. The van der Waals surface area contributed by atoms with Crippen LogP contribution in [0.5, 0.6) is 11.5 Å². The number of ether oxygens (including phenoxy) is 2. The van der Waals surface area contributed by atoms with E-state index in [0.29, 0.717) is 39.5 Å². The largest absolute Gasteiger partial charge is 0.496 e. The third kappa shape index (κ3) is 6.93. The average Bonchev–Trinajstić information content (AvgIpc) is 3.27. The van der Waals surface area contributed by atoms with Gasteiger partial charge in [0.15, 0.2) is 6.61 Å². The third-order valence-electron chi connectivity index (χ3n) is 5.81. The predicted molar refractivity (Wildman–Crippen MR) is 142 cm³/mol. The van der Waals surface area contributed by atoms with Gasteiger partial charge in [-0.25, -0.2) is 0 Å². The van der Waals surface area contributed by atoms with Crippen LogP contribution in [0, 0.1) is 5.92 Å². The Balaban J connectivity index is 1.28. The molecule has 1 aliphatic rings. The molecule has 4 rings (SSSR count). The molecule has 3 amide bonds. The summed E-state index contributed by atoms with van der Waals surface area (Å²) in [6, 6.07) is 19.0. The molecule has 0 saturated carbocycles. The van der Waals surface area contributed by atoms with E-state index in [1.165, 1.54) is 0 Å². The number of halogens is 2. The van der Waals surface area contributed by atoms with Gasteiger partial charge in [0.05, 0.1) is 13.0 Å². The van der Waals surface area contributed by atoms with E-state index in [1.807, 2.05) is 24.3 Å². The molecule has 1 aliphatic heterocycles. The Morgan fingerprint density at radius 3 is 2.43 bits per heavy atom. The van der Waals surface area contributed by atoms with Crippen molar-refractivity contribution in [3.63, 3.8) is 0 Å². The van der Waals surface area contributed by atoms with Gasteiger partial charge in [0.1, 0.15) is 11.5 Å². The molecule has 1 atom stereocenters. The van der Waals surface area contributed by atoms with Crippen LogP contribution in [0.3, 0.4) is 0 Å². The number of hydrogen-bond donors (Lipinski definition) is 2. The zero-order valence-corrected chi connectivity index (χ0v) is 21.5. The summed E-state index contributed by atoms with van der Waals surface area (Å²) in [6.07, 6.45) is 0.129. The molecular weight excluding hydrogens is 517 g/mol. The van der Waals surface area contributed by atoms with Crippen molar-refractivity contribution in [2.45, 2.75) is 13.0 Å². The summed E-state index contributed by atoms with van der Waals surface area (Å²) >= 11 is 11.9. The first kappa shape index (κ1) is 26.3. The average molecular weight is 542 g/mol. The monoisotopic (exact) mass is 541 g/mol. The Hall–Kier alpha value is -3.75. The molecule has 0 radical (unpaired) electrons. The van der Waals surface area contributed by atoms with E-state index in [2.05, 4.69) is 10.6 Å². The van der Waals surface area contributed by atoms with Crippen molar-refractivity contribution in [1.29, 1.82) is 0 Å². The van der Waals surface area contributed by atoms with Crippen LogP contribution in [0.2, 0.25) is 10.0 Å². The molecule has 0 unspecified atom stereocenters. The molecule has 0 bridgehead atoms. The Labute approximate surface area is 224 Å². The molecule has 192 valence electrons. The van der Waals surface area contributed by atoms with Gasteiger partial charge >= 0.3 is 0 Å². The molecule has 2 N–H and O–H groups in total. The van der Waals surface area contributed by atoms with Gasteiger partial charge in [-0.15, -0.1) is 0 Å². The molecular formula is C27H25Cl2N3O5. The van der Waals surface area contributed by atoms with Crippen LogP contribution >= 0.6 is 23.2 Å². The van der Waals surface area contributed by atoms with Crippen molar-refractivity contribution >= 4 is 52.3 Å². The van der Waals surface area contributed by atoms with Gasteiger partial charge in [0, 0.05) is 46.5 Å². The molecule has 0 spiro atoms. The van der Waals surface area contributed by atoms with Crippen molar-refractivity contribution < 1.29 is 23.9 Å². The fourth-order valence-electron chi connectivity index (χ4n) is 4.00. The second-order valence-electron chi connectivity index (χ2n) is 8.42. The van der Waals surface area contributed by atoms with Gasteiger partial charge in [-0.1, -0.05) is 41.4 Å². The molecule has 1 fully saturated rings.